The number of halogens is 6. The quantitative estimate of drug-likeness (QED) is 0.478. The Labute approximate surface area is 57.3 Å². The monoisotopic (exact) mass is 179 g/mol. The van der Waals surface area contributed by atoms with Crippen molar-refractivity contribution in [2.75, 3.05) is 0 Å². The van der Waals surface area contributed by atoms with Crippen molar-refractivity contribution < 1.29 is 31.1 Å². The van der Waals surface area contributed by atoms with Crippen LogP contribution in [0.4, 0.5) is 26.3 Å². The number of alkyl halides is 2. The standard InChI is InChI=1S/C4HF6O/c5-2(6)1-11-4(9,10)3(7)8/h1H. The molecular formula is C4HF6O. The molecule has 0 aromatic rings. The topological polar surface area (TPSA) is 9.23 Å². The minimum absolute atomic E-state index is 0.751. The molecule has 0 aliphatic carbocycles. The van der Waals surface area contributed by atoms with E-state index in [1.165, 1.54) is 0 Å². The molecule has 0 aromatic heterocycles. The number of ether oxygens (including phenoxy) is 1. The molecule has 0 saturated heterocycles. The highest BCUT2D eigenvalue weighted by Crippen LogP contribution is 2.30. The molecule has 7 heteroatoms. The summed E-state index contributed by atoms with van der Waals surface area (Å²) in [6.45, 7) is 0. The van der Waals surface area contributed by atoms with Crippen molar-refractivity contribution in [3.63, 3.8) is 0 Å². The van der Waals surface area contributed by atoms with Gasteiger partial charge in [-0.15, -0.1) is 0 Å². The maximum atomic E-state index is 11.5. The number of rotatable bonds is 3. The largest absolute Gasteiger partial charge is 0.470 e. The van der Waals surface area contributed by atoms with Crippen molar-refractivity contribution in [3.05, 3.63) is 18.8 Å². The molecule has 0 bridgehead atoms. The smallest absolute Gasteiger partial charge is 0.430 e. The second-order valence-electron chi connectivity index (χ2n) is 1.30. The molecule has 0 heterocycles. The van der Waals surface area contributed by atoms with Gasteiger partial charge in [-0.2, -0.15) is 26.3 Å². The van der Waals surface area contributed by atoms with Crippen LogP contribution in [0.15, 0.2) is 12.3 Å². The lowest BCUT2D eigenvalue weighted by molar-refractivity contribution is -0.231. The van der Waals surface area contributed by atoms with Gasteiger partial charge < -0.3 is 4.74 Å². The molecule has 0 aliphatic heterocycles. The molecule has 65 valence electrons. The van der Waals surface area contributed by atoms with Crippen LogP contribution in [0, 0.1) is 6.43 Å². The van der Waals surface area contributed by atoms with Gasteiger partial charge in [0.15, 0.2) is 6.26 Å². The van der Waals surface area contributed by atoms with Gasteiger partial charge in [0.25, 0.3) is 0 Å². The zero-order valence-corrected chi connectivity index (χ0v) is 4.75. The fourth-order valence-corrected chi connectivity index (χ4v) is 0.163. The average Bonchev–Trinajstić information content (AvgIpc) is 1.84. The maximum Gasteiger partial charge on any atom is 0.470 e. The molecule has 0 unspecified atom stereocenters. The van der Waals surface area contributed by atoms with E-state index >= 15 is 0 Å². The van der Waals surface area contributed by atoms with Gasteiger partial charge in [0.2, 0.25) is 0 Å². The molecule has 0 N–H and O–H groups in total. The van der Waals surface area contributed by atoms with E-state index in [4.69, 9.17) is 0 Å². The van der Waals surface area contributed by atoms with Crippen LogP contribution in [-0.2, 0) is 4.74 Å². The third-order valence-corrected chi connectivity index (χ3v) is 0.516. The van der Waals surface area contributed by atoms with Crippen molar-refractivity contribution in [3.8, 4) is 0 Å². The third-order valence-electron chi connectivity index (χ3n) is 0.516. The molecule has 0 aromatic carbocycles. The first kappa shape index (κ1) is 10.1. The second kappa shape index (κ2) is 3.49. The lowest BCUT2D eigenvalue weighted by atomic mass is 10.6. The highest BCUT2D eigenvalue weighted by Gasteiger charge is 2.45. The van der Waals surface area contributed by atoms with Crippen LogP contribution >= 0.6 is 0 Å². The Morgan fingerprint density at radius 2 is 1.55 bits per heavy atom. The van der Waals surface area contributed by atoms with Gasteiger partial charge in [0.05, 0.1) is 0 Å². The van der Waals surface area contributed by atoms with E-state index in [-0.39, 0.29) is 0 Å². The lowest BCUT2D eigenvalue weighted by Gasteiger charge is -2.10. The van der Waals surface area contributed by atoms with Gasteiger partial charge in [-0.1, -0.05) is 0 Å². The zero-order chi connectivity index (χ0) is 9.07. The second-order valence-corrected chi connectivity index (χ2v) is 1.30. The molecule has 0 spiro atoms. The number of hydrogen-bond donors (Lipinski definition) is 0. The Morgan fingerprint density at radius 1 is 1.09 bits per heavy atom. The van der Waals surface area contributed by atoms with Gasteiger partial charge in [0.1, 0.15) is 0 Å². The summed E-state index contributed by atoms with van der Waals surface area (Å²) in [6.07, 6.45) is -11.7. The molecule has 0 fully saturated rings. The van der Waals surface area contributed by atoms with Crippen molar-refractivity contribution >= 4 is 0 Å². The summed E-state index contributed by atoms with van der Waals surface area (Å²) in [5.41, 5.74) is 0. The van der Waals surface area contributed by atoms with Crippen LogP contribution in [-0.4, -0.2) is 6.11 Å². The maximum absolute atomic E-state index is 11.5. The van der Waals surface area contributed by atoms with Crippen molar-refractivity contribution in [1.82, 2.24) is 0 Å². The minimum atomic E-state index is -4.94. The van der Waals surface area contributed by atoms with E-state index in [9.17, 15) is 26.3 Å². The SMILES string of the molecule is F[C](F)C(F)(F)OC=C(F)F. The molecule has 11 heavy (non-hydrogen) atoms. The summed E-state index contributed by atoms with van der Waals surface area (Å²) in [6, 6.07) is 0. The predicted octanol–water partition coefficient (Wildman–Crippen LogP) is 2.76. The Balaban J connectivity index is 4.03. The first-order chi connectivity index (χ1) is 4.86. The summed E-state index contributed by atoms with van der Waals surface area (Å²) >= 11 is 0. The van der Waals surface area contributed by atoms with E-state index in [1.807, 2.05) is 0 Å². The Hall–Kier alpha value is -0.880. The van der Waals surface area contributed by atoms with Gasteiger partial charge in [-0.3, -0.25) is 0 Å². The van der Waals surface area contributed by atoms with E-state index < -0.39 is 24.9 Å². The van der Waals surface area contributed by atoms with Gasteiger partial charge in [-0.25, -0.2) is 0 Å². The summed E-state index contributed by atoms with van der Waals surface area (Å²) in [4.78, 5) is 0. The molecule has 1 radical (unpaired) electrons. The summed E-state index contributed by atoms with van der Waals surface area (Å²) in [5, 5.41) is 0. The molecular weight excluding hydrogens is 178 g/mol. The zero-order valence-electron chi connectivity index (χ0n) is 4.75. The lowest BCUT2D eigenvalue weighted by Crippen LogP contribution is -2.21. The van der Waals surface area contributed by atoms with Crippen LogP contribution in [0.5, 0.6) is 0 Å². The van der Waals surface area contributed by atoms with Gasteiger partial charge in [-0.05, 0) is 0 Å². The Bertz CT molecular complexity index is 149. The predicted molar refractivity (Wildman–Crippen MR) is 21.8 cm³/mol. The highest BCUT2D eigenvalue weighted by atomic mass is 19.3. The number of hydrogen-bond acceptors (Lipinski definition) is 1. The first-order valence-corrected chi connectivity index (χ1v) is 2.11. The van der Waals surface area contributed by atoms with E-state index in [1.54, 1.807) is 0 Å². The van der Waals surface area contributed by atoms with Crippen LogP contribution in [0.3, 0.4) is 0 Å². The van der Waals surface area contributed by atoms with Crippen LogP contribution in [0.25, 0.3) is 0 Å². The molecule has 0 amide bonds. The molecule has 0 atom stereocenters. The van der Waals surface area contributed by atoms with E-state index in [0.717, 1.165) is 0 Å². The van der Waals surface area contributed by atoms with Crippen molar-refractivity contribution in [2.24, 2.45) is 0 Å². The van der Waals surface area contributed by atoms with Crippen LogP contribution in [0.2, 0.25) is 0 Å². The fraction of sp³-hybridized carbons (Fsp3) is 0.250. The first-order valence-electron chi connectivity index (χ1n) is 2.11. The van der Waals surface area contributed by atoms with Gasteiger partial charge in [0, 0.05) is 0 Å². The van der Waals surface area contributed by atoms with E-state index in [2.05, 4.69) is 4.74 Å². The van der Waals surface area contributed by atoms with Crippen LogP contribution in [0.1, 0.15) is 0 Å². The molecule has 0 aliphatic rings. The minimum Gasteiger partial charge on any atom is -0.430 e. The molecule has 0 saturated carbocycles. The Kier molecular flexibility index (Phi) is 3.21. The van der Waals surface area contributed by atoms with E-state index in [0.29, 0.717) is 0 Å². The van der Waals surface area contributed by atoms with Crippen molar-refractivity contribution in [1.29, 1.82) is 0 Å². The molecule has 0 rings (SSSR count). The molecule has 1 nitrogen and oxygen atoms in total. The highest BCUT2D eigenvalue weighted by molar-refractivity contribution is 4.79. The van der Waals surface area contributed by atoms with Gasteiger partial charge >= 0.3 is 18.6 Å². The third kappa shape index (κ3) is 3.74. The average molecular weight is 179 g/mol. The summed E-state index contributed by atoms with van der Waals surface area (Å²) in [5.74, 6) is 0. The Morgan fingerprint density at radius 3 is 1.82 bits per heavy atom. The summed E-state index contributed by atoms with van der Waals surface area (Å²) in [7, 11) is 0. The normalized spacial score (nSPS) is 11.5. The van der Waals surface area contributed by atoms with Crippen LogP contribution < -0.4 is 0 Å². The van der Waals surface area contributed by atoms with Crippen molar-refractivity contribution in [2.45, 2.75) is 6.11 Å². The summed E-state index contributed by atoms with van der Waals surface area (Å²) < 4.78 is 69.8. The fourth-order valence-electron chi connectivity index (χ4n) is 0.163.